The molecule has 0 aromatic heterocycles. The average molecular weight is 268 g/mol. The summed E-state index contributed by atoms with van der Waals surface area (Å²) in [6, 6.07) is 3.27. The van der Waals surface area contributed by atoms with Crippen LogP contribution in [0.3, 0.4) is 0 Å². The fourth-order valence-electron chi connectivity index (χ4n) is 3.29. The van der Waals surface area contributed by atoms with E-state index in [0.29, 0.717) is 12.8 Å². The molecule has 102 valence electrons. The largest absolute Gasteiger partial charge is 0.481 e. The van der Waals surface area contributed by atoms with Gasteiger partial charge in [-0.15, -0.1) is 0 Å². The van der Waals surface area contributed by atoms with Gasteiger partial charge >= 0.3 is 5.97 Å². The van der Waals surface area contributed by atoms with Crippen LogP contribution in [-0.2, 0) is 16.0 Å². The van der Waals surface area contributed by atoms with Crippen molar-refractivity contribution in [3.05, 3.63) is 35.4 Å². The minimum absolute atomic E-state index is 0.0374. The van der Waals surface area contributed by atoms with Crippen molar-refractivity contribution in [3.8, 4) is 0 Å². The first-order chi connectivity index (χ1) is 9.01. The number of benzene rings is 1. The van der Waals surface area contributed by atoms with Gasteiger partial charge in [0.15, 0.2) is 0 Å². The van der Waals surface area contributed by atoms with Crippen molar-refractivity contribution in [2.24, 2.45) is 5.41 Å². The summed E-state index contributed by atoms with van der Waals surface area (Å²) >= 11 is 0. The zero-order chi connectivity index (χ0) is 13.6. The van der Waals surface area contributed by atoms with Gasteiger partial charge in [0.2, 0.25) is 0 Å². The molecule has 0 spiro atoms. The Labute approximate surface area is 109 Å². The number of carboxylic acids is 1. The summed E-state index contributed by atoms with van der Waals surface area (Å²) in [5.41, 5.74) is -0.832. The number of fused-ring (bicyclic) bond motifs is 2. The molecule has 2 saturated heterocycles. The van der Waals surface area contributed by atoms with Crippen LogP contribution in [0.2, 0.25) is 0 Å². The molecule has 5 heteroatoms. The van der Waals surface area contributed by atoms with Gasteiger partial charge in [-0.25, -0.2) is 8.78 Å². The van der Waals surface area contributed by atoms with Crippen molar-refractivity contribution in [3.63, 3.8) is 0 Å². The normalized spacial score (nSPS) is 32.7. The third-order valence-corrected chi connectivity index (χ3v) is 4.26. The molecule has 3 atom stereocenters. The van der Waals surface area contributed by atoms with Crippen LogP contribution in [0.4, 0.5) is 8.78 Å². The van der Waals surface area contributed by atoms with E-state index in [1.807, 2.05) is 0 Å². The molecule has 3 rings (SSSR count). The number of hydrogen-bond donors (Lipinski definition) is 1. The van der Waals surface area contributed by atoms with Crippen LogP contribution in [0.5, 0.6) is 0 Å². The zero-order valence-electron chi connectivity index (χ0n) is 10.2. The van der Waals surface area contributed by atoms with E-state index in [4.69, 9.17) is 4.74 Å². The highest BCUT2D eigenvalue weighted by molar-refractivity contribution is 5.76. The molecule has 3 nitrogen and oxygen atoms in total. The molecule has 1 N–H and O–H groups in total. The lowest BCUT2D eigenvalue weighted by atomic mass is 9.70. The van der Waals surface area contributed by atoms with Gasteiger partial charge in [0.25, 0.3) is 0 Å². The molecule has 2 aliphatic rings. The summed E-state index contributed by atoms with van der Waals surface area (Å²) < 4.78 is 32.2. The monoisotopic (exact) mass is 268 g/mol. The van der Waals surface area contributed by atoms with Crippen molar-refractivity contribution in [1.82, 2.24) is 0 Å². The Bertz CT molecular complexity index is 531. The molecule has 0 radical (unpaired) electrons. The molecule has 0 saturated carbocycles. The van der Waals surface area contributed by atoms with Gasteiger partial charge in [0, 0.05) is 6.07 Å². The topological polar surface area (TPSA) is 46.5 Å². The lowest BCUT2D eigenvalue weighted by molar-refractivity contribution is -0.152. The Kier molecular flexibility index (Phi) is 2.82. The SMILES string of the molecule is O=C(O)C1(Cc2ccc(F)cc2F)CC2CCC1O2. The second-order valence-electron chi connectivity index (χ2n) is 5.40. The second-order valence-corrected chi connectivity index (χ2v) is 5.40. The van der Waals surface area contributed by atoms with Crippen LogP contribution in [0.25, 0.3) is 0 Å². The third kappa shape index (κ3) is 1.92. The first-order valence-corrected chi connectivity index (χ1v) is 6.34. The van der Waals surface area contributed by atoms with E-state index in [2.05, 4.69) is 0 Å². The third-order valence-electron chi connectivity index (χ3n) is 4.26. The Morgan fingerprint density at radius 2 is 2.21 bits per heavy atom. The number of rotatable bonds is 3. The summed E-state index contributed by atoms with van der Waals surface area (Å²) in [7, 11) is 0. The molecule has 3 unspecified atom stereocenters. The van der Waals surface area contributed by atoms with Gasteiger partial charge in [-0.2, -0.15) is 0 Å². The van der Waals surface area contributed by atoms with Crippen molar-refractivity contribution in [2.45, 2.75) is 37.9 Å². The highest BCUT2D eigenvalue weighted by Gasteiger charge is 2.57. The lowest BCUT2D eigenvalue weighted by Crippen LogP contribution is -2.42. The number of hydrogen-bond acceptors (Lipinski definition) is 2. The summed E-state index contributed by atoms with van der Waals surface area (Å²) in [5.74, 6) is -2.30. The minimum Gasteiger partial charge on any atom is -0.481 e. The Morgan fingerprint density at radius 1 is 1.42 bits per heavy atom. The van der Waals surface area contributed by atoms with Crippen LogP contribution < -0.4 is 0 Å². The van der Waals surface area contributed by atoms with Gasteiger partial charge in [-0.3, -0.25) is 4.79 Å². The number of carbonyl (C=O) groups is 1. The van der Waals surface area contributed by atoms with Crippen LogP contribution in [0.15, 0.2) is 18.2 Å². The van der Waals surface area contributed by atoms with Crippen molar-refractivity contribution in [1.29, 1.82) is 0 Å². The summed E-state index contributed by atoms with van der Waals surface area (Å²) in [6.07, 6.45) is 1.62. The summed E-state index contributed by atoms with van der Waals surface area (Å²) in [4.78, 5) is 11.6. The summed E-state index contributed by atoms with van der Waals surface area (Å²) in [5, 5.41) is 9.52. The van der Waals surface area contributed by atoms with Crippen LogP contribution in [0.1, 0.15) is 24.8 Å². The lowest BCUT2D eigenvalue weighted by Gasteiger charge is -2.31. The maximum absolute atomic E-state index is 13.7. The Balaban J connectivity index is 1.93. The fourth-order valence-corrected chi connectivity index (χ4v) is 3.29. The molecule has 1 aromatic carbocycles. The molecule has 19 heavy (non-hydrogen) atoms. The first kappa shape index (κ1) is 12.5. The van der Waals surface area contributed by atoms with Crippen LogP contribution in [-0.4, -0.2) is 23.3 Å². The highest BCUT2D eigenvalue weighted by atomic mass is 19.1. The van der Waals surface area contributed by atoms with Gasteiger partial charge in [-0.1, -0.05) is 6.07 Å². The van der Waals surface area contributed by atoms with E-state index in [0.717, 1.165) is 18.6 Å². The number of halogens is 2. The predicted octanol–water partition coefficient (Wildman–Crippen LogP) is 2.53. The van der Waals surface area contributed by atoms with E-state index in [-0.39, 0.29) is 24.2 Å². The number of carboxylic acid groups (broad SMARTS) is 1. The summed E-state index contributed by atoms with van der Waals surface area (Å²) in [6.45, 7) is 0. The first-order valence-electron chi connectivity index (χ1n) is 6.34. The molecule has 0 aliphatic carbocycles. The molecule has 2 aliphatic heterocycles. The van der Waals surface area contributed by atoms with Crippen LogP contribution >= 0.6 is 0 Å². The molecular weight excluding hydrogens is 254 g/mol. The van der Waals surface area contributed by atoms with E-state index in [1.54, 1.807) is 0 Å². The molecule has 2 bridgehead atoms. The fraction of sp³-hybridized carbons (Fsp3) is 0.500. The minimum atomic E-state index is -1.07. The standard InChI is InChI=1S/C14H14F2O3/c15-9-2-1-8(11(16)5-9)6-14(13(17)18)7-10-3-4-12(14)19-10/h1-2,5,10,12H,3-4,6-7H2,(H,17,18). The van der Waals surface area contributed by atoms with E-state index >= 15 is 0 Å². The molecule has 2 heterocycles. The predicted molar refractivity (Wildman–Crippen MR) is 62.6 cm³/mol. The van der Waals surface area contributed by atoms with E-state index < -0.39 is 23.0 Å². The zero-order valence-corrected chi connectivity index (χ0v) is 10.2. The smallest absolute Gasteiger partial charge is 0.312 e. The van der Waals surface area contributed by atoms with Crippen molar-refractivity contribution in [2.75, 3.05) is 0 Å². The Morgan fingerprint density at radius 3 is 2.74 bits per heavy atom. The highest BCUT2D eigenvalue weighted by Crippen LogP contribution is 2.50. The molecule has 1 aromatic rings. The second kappa shape index (κ2) is 4.27. The Hall–Kier alpha value is -1.49. The van der Waals surface area contributed by atoms with Gasteiger partial charge in [-0.05, 0) is 37.3 Å². The number of aliphatic carboxylic acids is 1. The maximum atomic E-state index is 13.7. The quantitative estimate of drug-likeness (QED) is 0.916. The number of ether oxygens (including phenoxy) is 1. The maximum Gasteiger partial charge on any atom is 0.312 e. The van der Waals surface area contributed by atoms with E-state index in [9.17, 15) is 18.7 Å². The molecule has 0 amide bonds. The molecular formula is C14H14F2O3. The van der Waals surface area contributed by atoms with Crippen molar-refractivity contribution >= 4 is 5.97 Å². The van der Waals surface area contributed by atoms with Gasteiger partial charge in [0.05, 0.1) is 12.2 Å². The molecule has 2 fully saturated rings. The van der Waals surface area contributed by atoms with E-state index in [1.165, 1.54) is 6.07 Å². The van der Waals surface area contributed by atoms with Crippen molar-refractivity contribution < 1.29 is 23.4 Å². The average Bonchev–Trinajstić information content (AvgIpc) is 2.93. The van der Waals surface area contributed by atoms with Gasteiger partial charge in [0.1, 0.15) is 17.0 Å². The van der Waals surface area contributed by atoms with Crippen LogP contribution in [0, 0.1) is 17.0 Å². The van der Waals surface area contributed by atoms with Gasteiger partial charge < -0.3 is 9.84 Å².